The van der Waals surface area contributed by atoms with Gasteiger partial charge in [-0.2, -0.15) is 4.98 Å². The Hall–Kier alpha value is -2.60. The Morgan fingerprint density at radius 2 is 2.04 bits per heavy atom. The minimum Gasteiger partial charge on any atom is -0.368 e. The molecule has 0 amide bonds. The number of nitrogens with zero attached hydrogens (tertiary/aromatic N) is 3. The zero-order chi connectivity index (χ0) is 17.4. The van der Waals surface area contributed by atoms with Crippen LogP contribution in [-0.4, -0.2) is 20.7 Å². The van der Waals surface area contributed by atoms with Crippen molar-refractivity contribution in [3.8, 4) is 0 Å². The van der Waals surface area contributed by atoms with Crippen LogP contribution in [0.5, 0.6) is 0 Å². The highest BCUT2D eigenvalue weighted by Gasteiger charge is 1.99. The molecule has 0 fully saturated rings. The number of thioether (sulfide) groups is 1. The fourth-order valence-electron chi connectivity index (χ4n) is 1.91. The van der Waals surface area contributed by atoms with Crippen molar-refractivity contribution >= 4 is 23.5 Å². The number of hydrogen-bond donors (Lipinski definition) is 2. The standard InChI is InChI=1S/C18H21N5S/c1-4-15(12-24-16-7-9-20-10-8-16)6-5-13(2)21-17-11-14(3)22-18(19)23-17/h4-11H,1,12H2,2-3H3,(H3,19,21,22,23)/b13-5+,15-6+. The van der Waals surface area contributed by atoms with Gasteiger partial charge in [0.2, 0.25) is 5.95 Å². The van der Waals surface area contributed by atoms with Crippen LogP contribution < -0.4 is 11.1 Å². The van der Waals surface area contributed by atoms with Gasteiger partial charge >= 0.3 is 0 Å². The number of nitrogen functional groups attached to an aromatic ring is 1. The highest BCUT2D eigenvalue weighted by Crippen LogP contribution is 2.20. The molecule has 24 heavy (non-hydrogen) atoms. The Kier molecular flexibility index (Phi) is 6.57. The van der Waals surface area contributed by atoms with Crippen molar-refractivity contribution in [3.63, 3.8) is 0 Å². The number of aryl methyl sites for hydroxylation is 1. The summed E-state index contributed by atoms with van der Waals surface area (Å²) in [5.74, 6) is 1.80. The maximum Gasteiger partial charge on any atom is 0.222 e. The molecule has 2 aromatic heterocycles. The molecule has 0 aromatic carbocycles. The molecule has 2 rings (SSSR count). The second kappa shape index (κ2) is 8.88. The lowest BCUT2D eigenvalue weighted by molar-refractivity contribution is 1.11. The average molecular weight is 339 g/mol. The number of pyridine rings is 1. The lowest BCUT2D eigenvalue weighted by atomic mass is 10.2. The number of nitrogens with one attached hydrogen (secondary N) is 1. The van der Waals surface area contributed by atoms with Gasteiger partial charge in [0.25, 0.3) is 0 Å². The van der Waals surface area contributed by atoms with Gasteiger partial charge in [0.15, 0.2) is 0 Å². The second-order valence-electron chi connectivity index (χ2n) is 5.14. The second-order valence-corrected chi connectivity index (χ2v) is 6.19. The third-order valence-electron chi connectivity index (χ3n) is 3.06. The molecule has 0 aliphatic rings. The van der Waals surface area contributed by atoms with Gasteiger partial charge in [-0.25, -0.2) is 4.98 Å². The van der Waals surface area contributed by atoms with Gasteiger partial charge in [-0.3, -0.25) is 4.98 Å². The van der Waals surface area contributed by atoms with Crippen molar-refractivity contribution in [1.82, 2.24) is 15.0 Å². The van der Waals surface area contributed by atoms with E-state index in [1.807, 2.05) is 50.3 Å². The minimum atomic E-state index is 0.265. The van der Waals surface area contributed by atoms with Gasteiger partial charge in [-0.05, 0) is 37.6 Å². The van der Waals surface area contributed by atoms with Gasteiger partial charge in [0.05, 0.1) is 0 Å². The summed E-state index contributed by atoms with van der Waals surface area (Å²) in [4.78, 5) is 13.4. The van der Waals surface area contributed by atoms with E-state index in [0.29, 0.717) is 5.82 Å². The van der Waals surface area contributed by atoms with E-state index in [4.69, 9.17) is 5.73 Å². The van der Waals surface area contributed by atoms with E-state index < -0.39 is 0 Å². The molecule has 0 bridgehead atoms. The smallest absolute Gasteiger partial charge is 0.222 e. The molecule has 0 atom stereocenters. The maximum absolute atomic E-state index is 5.66. The first-order valence-electron chi connectivity index (χ1n) is 7.47. The monoisotopic (exact) mass is 339 g/mol. The van der Waals surface area contributed by atoms with E-state index in [-0.39, 0.29) is 5.95 Å². The quantitative estimate of drug-likeness (QED) is 0.587. The molecule has 0 saturated carbocycles. The van der Waals surface area contributed by atoms with Crippen LogP contribution in [0.1, 0.15) is 12.6 Å². The first-order chi connectivity index (χ1) is 11.6. The summed E-state index contributed by atoms with van der Waals surface area (Å²) in [5, 5.41) is 3.21. The minimum absolute atomic E-state index is 0.265. The maximum atomic E-state index is 5.66. The average Bonchev–Trinajstić information content (AvgIpc) is 2.55. The first-order valence-corrected chi connectivity index (χ1v) is 8.46. The highest BCUT2D eigenvalue weighted by atomic mass is 32.2. The van der Waals surface area contributed by atoms with E-state index in [2.05, 4.69) is 26.8 Å². The number of allylic oxidation sites excluding steroid dienone is 4. The van der Waals surface area contributed by atoms with Gasteiger partial charge in [0.1, 0.15) is 5.82 Å². The summed E-state index contributed by atoms with van der Waals surface area (Å²) >= 11 is 1.75. The number of hydrogen-bond acceptors (Lipinski definition) is 6. The molecule has 124 valence electrons. The Morgan fingerprint density at radius 3 is 2.71 bits per heavy atom. The number of anilines is 2. The van der Waals surface area contributed by atoms with Crippen molar-refractivity contribution in [3.05, 3.63) is 72.4 Å². The third kappa shape index (κ3) is 5.89. The van der Waals surface area contributed by atoms with Crippen LogP contribution in [0.3, 0.4) is 0 Å². The van der Waals surface area contributed by atoms with Crippen LogP contribution in [0.2, 0.25) is 0 Å². The van der Waals surface area contributed by atoms with Gasteiger partial charge in [-0.15, -0.1) is 11.8 Å². The molecule has 2 aromatic rings. The molecule has 0 aliphatic carbocycles. The van der Waals surface area contributed by atoms with Crippen molar-refractivity contribution < 1.29 is 0 Å². The first kappa shape index (κ1) is 17.7. The summed E-state index contributed by atoms with van der Waals surface area (Å²) in [6.45, 7) is 7.73. The normalized spacial score (nSPS) is 12.1. The van der Waals surface area contributed by atoms with Crippen molar-refractivity contribution in [2.24, 2.45) is 0 Å². The molecule has 2 heterocycles. The molecule has 0 unspecified atom stereocenters. The van der Waals surface area contributed by atoms with Crippen LogP contribution in [0.25, 0.3) is 0 Å². The topological polar surface area (TPSA) is 76.7 Å². The van der Waals surface area contributed by atoms with E-state index in [0.717, 1.165) is 22.7 Å². The van der Waals surface area contributed by atoms with E-state index >= 15 is 0 Å². The van der Waals surface area contributed by atoms with E-state index in [1.54, 1.807) is 24.2 Å². The Labute approximate surface area is 146 Å². The molecular formula is C18H21N5S. The third-order valence-corrected chi connectivity index (χ3v) is 4.14. The largest absolute Gasteiger partial charge is 0.368 e. The fraction of sp³-hybridized carbons (Fsp3) is 0.167. The molecular weight excluding hydrogens is 318 g/mol. The summed E-state index contributed by atoms with van der Waals surface area (Å²) in [6, 6.07) is 5.84. The molecule has 3 N–H and O–H groups in total. The lowest BCUT2D eigenvalue weighted by Gasteiger charge is -2.07. The summed E-state index contributed by atoms with van der Waals surface area (Å²) in [7, 11) is 0. The predicted octanol–water partition coefficient (Wildman–Crippen LogP) is 3.98. The predicted molar refractivity (Wildman–Crippen MR) is 102 cm³/mol. The van der Waals surface area contributed by atoms with Crippen molar-refractivity contribution in [2.45, 2.75) is 18.7 Å². The Balaban J connectivity index is 1.99. The van der Waals surface area contributed by atoms with Crippen LogP contribution in [0.4, 0.5) is 11.8 Å². The van der Waals surface area contributed by atoms with Crippen LogP contribution >= 0.6 is 11.8 Å². The summed E-state index contributed by atoms with van der Waals surface area (Å²) in [5.41, 5.74) is 8.58. The highest BCUT2D eigenvalue weighted by molar-refractivity contribution is 7.99. The van der Waals surface area contributed by atoms with Crippen molar-refractivity contribution in [2.75, 3.05) is 16.8 Å². The van der Waals surface area contributed by atoms with Gasteiger partial charge in [-0.1, -0.05) is 18.7 Å². The van der Waals surface area contributed by atoms with E-state index in [9.17, 15) is 0 Å². The zero-order valence-corrected chi connectivity index (χ0v) is 14.7. The number of rotatable bonds is 7. The SMILES string of the molecule is C=C/C(=C\C=C(/C)Nc1cc(C)nc(N)n1)CSc1ccncc1. The molecule has 5 nitrogen and oxygen atoms in total. The van der Waals surface area contributed by atoms with Crippen LogP contribution in [0.15, 0.2) is 71.6 Å². The van der Waals surface area contributed by atoms with Gasteiger partial charge < -0.3 is 11.1 Å². The molecule has 0 spiro atoms. The van der Waals surface area contributed by atoms with Crippen LogP contribution in [-0.2, 0) is 0 Å². The zero-order valence-electron chi connectivity index (χ0n) is 13.9. The van der Waals surface area contributed by atoms with Gasteiger partial charge in [0, 0.05) is 40.5 Å². The Bertz CT molecular complexity index is 733. The molecule has 6 heteroatoms. The fourth-order valence-corrected chi connectivity index (χ4v) is 2.77. The molecule has 0 saturated heterocycles. The summed E-state index contributed by atoms with van der Waals surface area (Å²) in [6.07, 6.45) is 9.50. The molecule has 0 aliphatic heterocycles. The van der Waals surface area contributed by atoms with Crippen molar-refractivity contribution in [1.29, 1.82) is 0 Å². The van der Waals surface area contributed by atoms with E-state index in [1.165, 1.54) is 4.90 Å². The Morgan fingerprint density at radius 1 is 1.29 bits per heavy atom. The molecule has 0 radical (unpaired) electrons. The number of nitrogens with two attached hydrogens (primary N) is 1. The lowest BCUT2D eigenvalue weighted by Crippen LogP contribution is -2.03. The summed E-state index contributed by atoms with van der Waals surface area (Å²) < 4.78 is 0. The number of aromatic nitrogens is 3. The van der Waals surface area contributed by atoms with Crippen LogP contribution in [0, 0.1) is 6.92 Å².